The first-order chi connectivity index (χ1) is 13.7. The van der Waals surface area contributed by atoms with Crippen LogP contribution in [0.25, 0.3) is 6.08 Å². The first-order valence-corrected chi connectivity index (χ1v) is 8.85. The zero-order chi connectivity index (χ0) is 21.2. The van der Waals surface area contributed by atoms with Gasteiger partial charge in [-0.25, -0.2) is 4.39 Å². The molecule has 1 saturated heterocycles. The average molecular weight is 413 g/mol. The quantitative estimate of drug-likeness (QED) is 0.599. The lowest BCUT2D eigenvalue weighted by atomic mass is 10.0. The van der Waals surface area contributed by atoms with E-state index >= 15 is 0 Å². The molecule has 29 heavy (non-hydrogen) atoms. The number of likely N-dealkylation sites (tertiary alicyclic amines) is 1. The van der Waals surface area contributed by atoms with Gasteiger partial charge in [0.15, 0.2) is 5.82 Å². The van der Waals surface area contributed by atoms with Crippen LogP contribution in [0.3, 0.4) is 0 Å². The first-order valence-electron chi connectivity index (χ1n) is 8.85. The summed E-state index contributed by atoms with van der Waals surface area (Å²) in [5.74, 6) is -0.154. The number of carbonyl (C=O) groups is 1. The number of aliphatic hydroxyl groups excluding tert-OH is 1. The predicted molar refractivity (Wildman–Crippen MR) is 94.2 cm³/mol. The third-order valence-corrected chi connectivity index (χ3v) is 4.60. The van der Waals surface area contributed by atoms with Gasteiger partial charge in [0, 0.05) is 12.5 Å². The Balaban J connectivity index is 1.87. The number of rotatable bonds is 5. The number of hydrogen-bond acceptors (Lipinski definition) is 5. The van der Waals surface area contributed by atoms with Gasteiger partial charge in [-0.1, -0.05) is 6.07 Å². The Morgan fingerprint density at radius 3 is 2.76 bits per heavy atom. The van der Waals surface area contributed by atoms with E-state index in [1.165, 1.54) is 17.0 Å². The minimum absolute atomic E-state index is 0.0545. The molecule has 0 saturated carbocycles. The number of hydrogen-bond donors (Lipinski definition) is 1. The topological polar surface area (TPSA) is 84.1 Å². The minimum atomic E-state index is -4.53. The third kappa shape index (κ3) is 4.97. The smallest absolute Gasteiger partial charge is 0.394 e. The van der Waals surface area contributed by atoms with Crippen molar-refractivity contribution in [2.24, 2.45) is 0 Å². The standard InChI is InChI=1S/C18H19F4N5O2/c1-11-23-25-27(24-11)8-13-6-14(18(20,21)22)4-2-12(13)3-5-17(29)26-9-15(19)7-16(26)10-28/h2-6,15-16,28H,7-10H2,1H3. The van der Waals surface area contributed by atoms with Crippen molar-refractivity contribution in [1.29, 1.82) is 0 Å². The van der Waals surface area contributed by atoms with Crippen LogP contribution in [0.1, 0.15) is 28.9 Å². The van der Waals surface area contributed by atoms with E-state index in [0.29, 0.717) is 11.4 Å². The summed E-state index contributed by atoms with van der Waals surface area (Å²) >= 11 is 0. The normalized spacial score (nSPS) is 20.0. The number of aromatic nitrogens is 4. The zero-order valence-corrected chi connectivity index (χ0v) is 15.5. The fourth-order valence-electron chi connectivity index (χ4n) is 3.18. The summed E-state index contributed by atoms with van der Waals surface area (Å²) in [4.78, 5) is 14.7. The van der Waals surface area contributed by atoms with Gasteiger partial charge in [0.05, 0.1) is 31.3 Å². The summed E-state index contributed by atoms with van der Waals surface area (Å²) in [5.41, 5.74) is -0.240. The molecule has 2 aromatic rings. The SMILES string of the molecule is Cc1nnn(Cc2cc(C(F)(F)F)ccc2C=CC(=O)N2CC(F)CC2CO)n1. The van der Waals surface area contributed by atoms with Crippen molar-refractivity contribution in [2.75, 3.05) is 13.2 Å². The summed E-state index contributed by atoms with van der Waals surface area (Å²) in [6, 6.07) is 2.51. The summed E-state index contributed by atoms with van der Waals surface area (Å²) in [6.45, 7) is 1.04. The number of aryl methyl sites for hydroxylation is 1. The summed E-state index contributed by atoms with van der Waals surface area (Å²) in [6.07, 6.45) is -3.17. The third-order valence-electron chi connectivity index (χ3n) is 4.60. The van der Waals surface area contributed by atoms with Crippen LogP contribution < -0.4 is 0 Å². The Morgan fingerprint density at radius 1 is 1.38 bits per heavy atom. The molecule has 3 rings (SSSR count). The lowest BCUT2D eigenvalue weighted by molar-refractivity contribution is -0.137. The van der Waals surface area contributed by atoms with Gasteiger partial charge in [-0.15, -0.1) is 10.2 Å². The molecule has 156 valence electrons. The van der Waals surface area contributed by atoms with E-state index in [2.05, 4.69) is 15.4 Å². The molecule has 0 aliphatic carbocycles. The predicted octanol–water partition coefficient (Wildman–Crippen LogP) is 1.99. The van der Waals surface area contributed by atoms with E-state index in [1.54, 1.807) is 6.92 Å². The highest BCUT2D eigenvalue weighted by Gasteiger charge is 2.34. The Labute approximate surface area is 163 Å². The van der Waals surface area contributed by atoms with E-state index in [-0.39, 0.29) is 31.7 Å². The summed E-state index contributed by atoms with van der Waals surface area (Å²) in [7, 11) is 0. The highest BCUT2D eigenvalue weighted by atomic mass is 19.4. The second-order valence-corrected chi connectivity index (χ2v) is 6.77. The number of alkyl halides is 4. The fraction of sp³-hybridized carbons (Fsp3) is 0.444. The number of carbonyl (C=O) groups excluding carboxylic acids is 1. The molecule has 1 aliphatic heterocycles. The van der Waals surface area contributed by atoms with Crippen molar-refractivity contribution in [2.45, 2.75) is 38.3 Å². The average Bonchev–Trinajstić information content (AvgIpc) is 3.24. The molecule has 7 nitrogen and oxygen atoms in total. The molecule has 1 N–H and O–H groups in total. The molecule has 2 heterocycles. The van der Waals surface area contributed by atoms with Gasteiger partial charge in [0.25, 0.3) is 0 Å². The van der Waals surface area contributed by atoms with E-state index in [4.69, 9.17) is 0 Å². The Bertz CT molecular complexity index is 912. The van der Waals surface area contributed by atoms with Crippen LogP contribution in [0.2, 0.25) is 0 Å². The molecule has 1 amide bonds. The van der Waals surface area contributed by atoms with Crippen molar-refractivity contribution < 1.29 is 27.5 Å². The molecule has 0 radical (unpaired) electrons. The van der Waals surface area contributed by atoms with Crippen LogP contribution in [0.5, 0.6) is 0 Å². The highest BCUT2D eigenvalue weighted by Crippen LogP contribution is 2.31. The molecule has 11 heteroatoms. The number of benzene rings is 1. The monoisotopic (exact) mass is 413 g/mol. The van der Waals surface area contributed by atoms with Gasteiger partial charge in [-0.2, -0.15) is 18.0 Å². The molecule has 1 fully saturated rings. The maximum Gasteiger partial charge on any atom is 0.416 e. The molecule has 1 aromatic carbocycles. The highest BCUT2D eigenvalue weighted by molar-refractivity contribution is 5.92. The number of amides is 1. The largest absolute Gasteiger partial charge is 0.416 e. The van der Waals surface area contributed by atoms with Crippen molar-refractivity contribution in [3.63, 3.8) is 0 Å². The van der Waals surface area contributed by atoms with Gasteiger partial charge >= 0.3 is 6.18 Å². The number of aliphatic hydroxyl groups is 1. The van der Waals surface area contributed by atoms with Crippen LogP contribution in [-0.4, -0.2) is 61.5 Å². The van der Waals surface area contributed by atoms with Gasteiger partial charge in [0.1, 0.15) is 6.17 Å². The van der Waals surface area contributed by atoms with Crippen LogP contribution in [0.15, 0.2) is 24.3 Å². The maximum absolute atomic E-state index is 13.5. The molecule has 0 bridgehead atoms. The molecular weight excluding hydrogens is 394 g/mol. The van der Waals surface area contributed by atoms with Crippen molar-refractivity contribution in [3.8, 4) is 0 Å². The Kier molecular flexibility index (Phi) is 5.96. The van der Waals surface area contributed by atoms with E-state index < -0.39 is 29.9 Å². The molecule has 2 unspecified atom stereocenters. The summed E-state index contributed by atoms with van der Waals surface area (Å²) < 4.78 is 52.8. The second kappa shape index (κ2) is 8.27. The molecule has 1 aliphatic rings. The maximum atomic E-state index is 13.5. The zero-order valence-electron chi connectivity index (χ0n) is 15.5. The van der Waals surface area contributed by atoms with Crippen molar-refractivity contribution in [1.82, 2.24) is 25.1 Å². The Morgan fingerprint density at radius 2 is 2.14 bits per heavy atom. The molecule has 0 spiro atoms. The van der Waals surface area contributed by atoms with Crippen LogP contribution in [0, 0.1) is 6.92 Å². The van der Waals surface area contributed by atoms with E-state index in [0.717, 1.165) is 23.0 Å². The van der Waals surface area contributed by atoms with Crippen LogP contribution >= 0.6 is 0 Å². The lowest BCUT2D eigenvalue weighted by Gasteiger charge is -2.20. The van der Waals surface area contributed by atoms with Gasteiger partial charge < -0.3 is 10.0 Å². The molecule has 2 atom stereocenters. The van der Waals surface area contributed by atoms with Gasteiger partial charge in [0.2, 0.25) is 5.91 Å². The Hall–Kier alpha value is -2.82. The van der Waals surface area contributed by atoms with E-state index in [1.807, 2.05) is 0 Å². The summed E-state index contributed by atoms with van der Waals surface area (Å²) in [5, 5.41) is 20.7. The molecule has 1 aromatic heterocycles. The van der Waals surface area contributed by atoms with Crippen LogP contribution in [0.4, 0.5) is 17.6 Å². The fourth-order valence-corrected chi connectivity index (χ4v) is 3.18. The first kappa shape index (κ1) is 20.9. The molecular formula is C18H19F4N5O2. The minimum Gasteiger partial charge on any atom is -0.394 e. The lowest BCUT2D eigenvalue weighted by Crippen LogP contribution is -2.36. The van der Waals surface area contributed by atoms with Gasteiger partial charge in [-0.05, 0) is 41.5 Å². The number of nitrogens with zero attached hydrogens (tertiary/aromatic N) is 5. The van der Waals surface area contributed by atoms with Crippen molar-refractivity contribution in [3.05, 3.63) is 46.8 Å². The second-order valence-electron chi connectivity index (χ2n) is 6.77. The van der Waals surface area contributed by atoms with E-state index in [9.17, 15) is 27.5 Å². The number of halogens is 4. The van der Waals surface area contributed by atoms with Crippen molar-refractivity contribution >= 4 is 12.0 Å². The van der Waals surface area contributed by atoms with Gasteiger partial charge in [-0.3, -0.25) is 4.79 Å². The van der Waals surface area contributed by atoms with Crippen LogP contribution in [-0.2, 0) is 17.5 Å². The number of tetrazole rings is 1.